The first-order chi connectivity index (χ1) is 9.70. The highest BCUT2D eigenvalue weighted by atomic mass is 35.5. The van der Waals surface area contributed by atoms with Gasteiger partial charge in [0.05, 0.1) is 6.10 Å². The molecule has 0 saturated carbocycles. The van der Waals surface area contributed by atoms with Gasteiger partial charge in [-0.25, -0.2) is 0 Å². The highest BCUT2D eigenvalue weighted by Gasteiger charge is 2.20. The Hall–Kier alpha value is -1.03. The van der Waals surface area contributed by atoms with Crippen LogP contribution in [0.15, 0.2) is 18.2 Å². The third-order valence-corrected chi connectivity index (χ3v) is 4.45. The van der Waals surface area contributed by atoms with E-state index in [1.165, 1.54) is 29.5 Å². The molecule has 3 N–H and O–H groups in total. The maximum absolute atomic E-state index is 10.2. The van der Waals surface area contributed by atoms with Gasteiger partial charge in [-0.2, -0.15) is 0 Å². The number of aliphatic hydroxyl groups excluding tert-OH is 2. The number of benzene rings is 1. The van der Waals surface area contributed by atoms with Crippen LogP contribution in [0.4, 0.5) is 0 Å². The van der Waals surface area contributed by atoms with E-state index in [0.29, 0.717) is 12.3 Å². The largest absolute Gasteiger partial charge is 0.390 e. The number of hydrogen-bond donors (Lipinski definition) is 3. The Morgan fingerprint density at radius 2 is 2.00 bits per heavy atom. The van der Waals surface area contributed by atoms with Crippen LogP contribution in [0, 0.1) is 0 Å². The van der Waals surface area contributed by atoms with Gasteiger partial charge in [0.1, 0.15) is 6.10 Å². The molecular formula is C16H20ClNO2. The predicted octanol–water partition coefficient (Wildman–Crippen LogP) is 3.07. The lowest BCUT2D eigenvalue weighted by Gasteiger charge is -2.17. The Morgan fingerprint density at radius 3 is 2.80 bits per heavy atom. The number of H-pyrrole nitrogens is 1. The molecule has 4 heteroatoms. The van der Waals surface area contributed by atoms with E-state index in [9.17, 15) is 10.2 Å². The summed E-state index contributed by atoms with van der Waals surface area (Å²) in [4.78, 5) is 3.47. The summed E-state index contributed by atoms with van der Waals surface area (Å²) in [7, 11) is 0. The summed E-state index contributed by atoms with van der Waals surface area (Å²) in [5.74, 6) is 0.347. The maximum atomic E-state index is 10.2. The molecule has 0 bridgehead atoms. The number of alkyl halides is 1. The van der Waals surface area contributed by atoms with Crippen molar-refractivity contribution in [3.8, 4) is 0 Å². The Balaban J connectivity index is 1.97. The number of aryl methyl sites for hydroxylation is 2. The molecule has 1 aromatic carbocycles. The zero-order valence-electron chi connectivity index (χ0n) is 11.4. The van der Waals surface area contributed by atoms with Gasteiger partial charge < -0.3 is 15.2 Å². The van der Waals surface area contributed by atoms with Gasteiger partial charge >= 0.3 is 0 Å². The quantitative estimate of drug-likeness (QED) is 0.759. The second-order valence-electron chi connectivity index (χ2n) is 5.58. The van der Waals surface area contributed by atoms with Gasteiger partial charge in [0.25, 0.3) is 0 Å². The van der Waals surface area contributed by atoms with Gasteiger partial charge in [0.15, 0.2) is 0 Å². The van der Waals surface area contributed by atoms with Gasteiger partial charge in [-0.1, -0.05) is 6.07 Å². The van der Waals surface area contributed by atoms with Crippen LogP contribution in [0.2, 0.25) is 0 Å². The Labute approximate surface area is 123 Å². The molecule has 0 spiro atoms. The van der Waals surface area contributed by atoms with Crippen molar-refractivity contribution in [3.05, 3.63) is 35.0 Å². The monoisotopic (exact) mass is 293 g/mol. The molecule has 1 aromatic heterocycles. The molecule has 0 aliphatic heterocycles. The summed E-state index contributed by atoms with van der Waals surface area (Å²) in [5.41, 5.74) is 4.61. The van der Waals surface area contributed by atoms with E-state index < -0.39 is 12.2 Å². The molecule has 3 rings (SSSR count). The first kappa shape index (κ1) is 13.9. The van der Waals surface area contributed by atoms with Crippen LogP contribution < -0.4 is 0 Å². The fraction of sp³-hybridized carbons (Fsp3) is 0.500. The van der Waals surface area contributed by atoms with Crippen molar-refractivity contribution in [1.82, 2.24) is 4.98 Å². The number of aliphatic hydroxyl groups is 2. The van der Waals surface area contributed by atoms with Crippen molar-refractivity contribution in [3.63, 3.8) is 0 Å². The van der Waals surface area contributed by atoms with E-state index >= 15 is 0 Å². The second-order valence-corrected chi connectivity index (χ2v) is 5.96. The Bertz CT molecular complexity index is 608. The van der Waals surface area contributed by atoms with E-state index in [1.807, 2.05) is 18.2 Å². The fourth-order valence-corrected chi connectivity index (χ4v) is 3.32. The number of aromatic amines is 1. The van der Waals surface area contributed by atoms with Crippen molar-refractivity contribution >= 4 is 22.5 Å². The number of nitrogens with one attached hydrogen (secondary N) is 1. The van der Waals surface area contributed by atoms with Gasteiger partial charge in [0, 0.05) is 22.5 Å². The van der Waals surface area contributed by atoms with Crippen LogP contribution in [0.25, 0.3) is 10.9 Å². The minimum Gasteiger partial charge on any atom is -0.390 e. The molecule has 2 unspecified atom stereocenters. The van der Waals surface area contributed by atoms with Gasteiger partial charge in [-0.3, -0.25) is 0 Å². The van der Waals surface area contributed by atoms with E-state index in [0.717, 1.165) is 23.9 Å². The number of fused-ring (bicyclic) bond motifs is 3. The van der Waals surface area contributed by atoms with E-state index in [4.69, 9.17) is 11.6 Å². The van der Waals surface area contributed by atoms with E-state index in [2.05, 4.69) is 4.98 Å². The highest BCUT2D eigenvalue weighted by molar-refractivity contribution is 6.17. The van der Waals surface area contributed by atoms with Crippen LogP contribution in [0.1, 0.15) is 42.2 Å². The van der Waals surface area contributed by atoms with Crippen molar-refractivity contribution in [1.29, 1.82) is 0 Å². The summed E-state index contributed by atoms with van der Waals surface area (Å²) in [6.07, 6.45) is 3.39. The first-order valence-electron chi connectivity index (χ1n) is 7.26. The number of hydrogen-bond acceptors (Lipinski definition) is 2. The third-order valence-electron chi connectivity index (χ3n) is 4.23. The zero-order valence-corrected chi connectivity index (χ0v) is 12.2. The number of rotatable bonds is 4. The summed E-state index contributed by atoms with van der Waals surface area (Å²) in [5, 5.41) is 21.3. The third kappa shape index (κ3) is 2.46. The van der Waals surface area contributed by atoms with Crippen molar-refractivity contribution < 1.29 is 10.2 Å². The molecule has 1 aliphatic rings. The van der Waals surface area contributed by atoms with Gasteiger partial charge in [0.2, 0.25) is 0 Å². The second kappa shape index (κ2) is 5.76. The SMILES string of the molecule is OC(CCCl)C(O)c1ccc2[nH]c3c(c2c1)CCCC3. The average Bonchev–Trinajstić information content (AvgIpc) is 2.84. The molecule has 108 valence electrons. The summed E-state index contributed by atoms with van der Waals surface area (Å²) in [6, 6.07) is 5.89. The van der Waals surface area contributed by atoms with Gasteiger partial charge in [-0.15, -0.1) is 11.6 Å². The molecule has 2 atom stereocenters. The average molecular weight is 294 g/mol. The summed E-state index contributed by atoms with van der Waals surface area (Å²) >= 11 is 5.62. The van der Waals surface area contributed by atoms with Crippen LogP contribution in [0.3, 0.4) is 0 Å². The molecule has 0 radical (unpaired) electrons. The van der Waals surface area contributed by atoms with Crippen molar-refractivity contribution in [2.75, 3.05) is 5.88 Å². The zero-order chi connectivity index (χ0) is 14.1. The predicted molar refractivity (Wildman–Crippen MR) is 81.2 cm³/mol. The minimum atomic E-state index is -0.868. The lowest BCUT2D eigenvalue weighted by Crippen LogP contribution is -2.18. The molecule has 0 amide bonds. The summed E-state index contributed by atoms with van der Waals surface area (Å²) < 4.78 is 0. The van der Waals surface area contributed by atoms with Crippen LogP contribution >= 0.6 is 11.6 Å². The van der Waals surface area contributed by atoms with Crippen molar-refractivity contribution in [2.45, 2.75) is 44.3 Å². The normalized spacial score (nSPS) is 17.9. The topological polar surface area (TPSA) is 56.2 Å². The Morgan fingerprint density at radius 1 is 1.20 bits per heavy atom. The number of aromatic nitrogens is 1. The maximum Gasteiger partial charge on any atom is 0.105 e. The first-order valence-corrected chi connectivity index (χ1v) is 7.79. The number of halogens is 1. The van der Waals surface area contributed by atoms with E-state index in [1.54, 1.807) is 0 Å². The lowest BCUT2D eigenvalue weighted by atomic mass is 9.94. The van der Waals surface area contributed by atoms with Crippen molar-refractivity contribution in [2.24, 2.45) is 0 Å². The highest BCUT2D eigenvalue weighted by Crippen LogP contribution is 2.31. The molecule has 0 saturated heterocycles. The van der Waals surface area contributed by atoms with Crippen LogP contribution in [-0.4, -0.2) is 27.2 Å². The fourth-order valence-electron chi connectivity index (χ4n) is 3.10. The van der Waals surface area contributed by atoms with Crippen LogP contribution in [0.5, 0.6) is 0 Å². The minimum absolute atomic E-state index is 0.347. The molecule has 1 aliphatic carbocycles. The van der Waals surface area contributed by atoms with Gasteiger partial charge in [-0.05, 0) is 55.4 Å². The summed E-state index contributed by atoms with van der Waals surface area (Å²) in [6.45, 7) is 0. The smallest absolute Gasteiger partial charge is 0.105 e. The Kier molecular flexibility index (Phi) is 4.01. The molecular weight excluding hydrogens is 274 g/mol. The molecule has 2 aromatic rings. The molecule has 0 fully saturated rings. The molecule has 3 nitrogen and oxygen atoms in total. The standard InChI is InChI=1S/C16H20ClNO2/c17-8-7-15(19)16(20)10-5-6-14-12(9-10)11-3-1-2-4-13(11)18-14/h5-6,9,15-16,18-20H,1-4,7-8H2. The molecule has 20 heavy (non-hydrogen) atoms. The van der Waals surface area contributed by atoms with Crippen LogP contribution in [-0.2, 0) is 12.8 Å². The lowest BCUT2D eigenvalue weighted by molar-refractivity contribution is 0.0171. The molecule has 1 heterocycles. The van der Waals surface area contributed by atoms with E-state index in [-0.39, 0.29) is 0 Å².